The Bertz CT molecular complexity index is 1090. The fourth-order valence-electron chi connectivity index (χ4n) is 3.26. The Balaban J connectivity index is 1.69. The topological polar surface area (TPSA) is 65.2 Å². The third-order valence-electron chi connectivity index (χ3n) is 4.89. The quantitative estimate of drug-likeness (QED) is 0.444. The van der Waals surface area contributed by atoms with Crippen LogP contribution in [0.5, 0.6) is 5.88 Å². The van der Waals surface area contributed by atoms with Crippen molar-refractivity contribution in [3.63, 3.8) is 0 Å². The van der Waals surface area contributed by atoms with Gasteiger partial charge in [-0.3, -0.25) is 4.79 Å². The monoisotopic (exact) mass is 436 g/mol. The second kappa shape index (κ2) is 7.75. The lowest BCUT2D eigenvalue weighted by molar-refractivity contribution is -0.141. The number of aldehydes is 1. The van der Waals surface area contributed by atoms with Gasteiger partial charge in [0.15, 0.2) is 12.0 Å². The minimum absolute atomic E-state index is 0.0972. The molecule has 0 atom stereocenters. The van der Waals surface area contributed by atoms with Gasteiger partial charge in [0.2, 0.25) is 5.88 Å². The molecule has 1 aliphatic rings. The van der Waals surface area contributed by atoms with Gasteiger partial charge in [-0.25, -0.2) is 4.98 Å². The van der Waals surface area contributed by atoms with Crippen molar-refractivity contribution < 1.29 is 27.2 Å². The number of benzene rings is 1. The molecule has 5 nitrogen and oxygen atoms in total. The molecule has 1 aliphatic carbocycles. The molecule has 0 amide bonds. The number of alkyl halides is 3. The maximum Gasteiger partial charge on any atom is 0.434 e. The molecule has 3 aromatic rings. The fraction of sp³-hybridized carbons (Fsp3) is 0.286. The first kappa shape index (κ1) is 20.4. The van der Waals surface area contributed by atoms with Crippen molar-refractivity contribution in [1.82, 2.24) is 10.1 Å². The summed E-state index contributed by atoms with van der Waals surface area (Å²) in [6.45, 7) is 1.78. The van der Waals surface area contributed by atoms with Gasteiger partial charge in [-0.2, -0.15) is 13.2 Å². The van der Waals surface area contributed by atoms with Gasteiger partial charge < -0.3 is 9.26 Å². The molecule has 0 bridgehead atoms. The van der Waals surface area contributed by atoms with Gasteiger partial charge in [0.1, 0.15) is 18.1 Å². The van der Waals surface area contributed by atoms with E-state index in [4.69, 9.17) is 20.9 Å². The third-order valence-corrected chi connectivity index (χ3v) is 5.20. The average molecular weight is 437 g/mol. The second-order valence-corrected chi connectivity index (χ2v) is 7.48. The normalized spacial score (nSPS) is 14.0. The lowest BCUT2D eigenvalue weighted by Gasteiger charge is -2.12. The Morgan fingerprint density at radius 1 is 1.27 bits per heavy atom. The highest BCUT2D eigenvalue weighted by Gasteiger charge is 2.36. The van der Waals surface area contributed by atoms with Gasteiger partial charge in [-0.1, -0.05) is 28.9 Å². The van der Waals surface area contributed by atoms with Gasteiger partial charge >= 0.3 is 6.18 Å². The lowest BCUT2D eigenvalue weighted by Crippen LogP contribution is -2.13. The van der Waals surface area contributed by atoms with E-state index in [1.54, 1.807) is 6.07 Å². The number of carbonyl (C=O) groups is 1. The van der Waals surface area contributed by atoms with E-state index in [-0.39, 0.29) is 24.7 Å². The Hall–Kier alpha value is -2.87. The first-order chi connectivity index (χ1) is 14.3. The van der Waals surface area contributed by atoms with Crippen LogP contribution in [0.1, 0.15) is 51.7 Å². The number of hydrogen-bond acceptors (Lipinski definition) is 5. The number of ether oxygens (including phenoxy) is 1. The molecule has 4 rings (SSSR count). The van der Waals surface area contributed by atoms with Crippen LogP contribution in [0.3, 0.4) is 0 Å². The Morgan fingerprint density at radius 3 is 2.67 bits per heavy atom. The largest absolute Gasteiger partial charge is 0.473 e. The zero-order valence-corrected chi connectivity index (χ0v) is 16.5. The van der Waals surface area contributed by atoms with Crippen LogP contribution < -0.4 is 4.74 Å². The molecular weight excluding hydrogens is 421 g/mol. The van der Waals surface area contributed by atoms with E-state index in [0.717, 1.165) is 24.5 Å². The molecule has 0 unspecified atom stereocenters. The predicted molar refractivity (Wildman–Crippen MR) is 103 cm³/mol. The molecule has 1 saturated carbocycles. The van der Waals surface area contributed by atoms with Gasteiger partial charge in [-0.15, -0.1) is 0 Å². The maximum absolute atomic E-state index is 13.2. The van der Waals surface area contributed by atoms with Crippen LogP contribution in [0.15, 0.2) is 34.9 Å². The molecular formula is C21H16ClF3N2O3. The van der Waals surface area contributed by atoms with Crippen molar-refractivity contribution in [3.8, 4) is 17.1 Å². The summed E-state index contributed by atoms with van der Waals surface area (Å²) in [5.41, 5.74) is 0.862. The fourth-order valence-corrected chi connectivity index (χ4v) is 3.57. The molecule has 30 heavy (non-hydrogen) atoms. The molecule has 0 saturated heterocycles. The van der Waals surface area contributed by atoms with Crippen molar-refractivity contribution in [2.24, 2.45) is 0 Å². The van der Waals surface area contributed by atoms with Crippen LogP contribution in [-0.2, 0) is 12.8 Å². The van der Waals surface area contributed by atoms with Crippen LogP contribution in [0.2, 0.25) is 5.02 Å². The molecule has 156 valence electrons. The maximum atomic E-state index is 13.2. The lowest BCUT2D eigenvalue weighted by atomic mass is 10.0. The van der Waals surface area contributed by atoms with Crippen LogP contribution in [0, 0.1) is 6.92 Å². The number of rotatable bonds is 6. The van der Waals surface area contributed by atoms with Crippen molar-refractivity contribution in [1.29, 1.82) is 0 Å². The van der Waals surface area contributed by atoms with E-state index in [1.165, 1.54) is 6.07 Å². The molecule has 0 aliphatic heterocycles. The number of aryl methyl sites for hydroxylation is 1. The van der Waals surface area contributed by atoms with E-state index in [9.17, 15) is 18.0 Å². The van der Waals surface area contributed by atoms with Crippen molar-refractivity contribution in [3.05, 3.63) is 63.5 Å². The molecule has 0 radical (unpaired) electrons. The van der Waals surface area contributed by atoms with Crippen LogP contribution >= 0.6 is 11.6 Å². The minimum Gasteiger partial charge on any atom is -0.473 e. The smallest absolute Gasteiger partial charge is 0.434 e. The first-order valence-corrected chi connectivity index (χ1v) is 9.57. The SMILES string of the molecule is Cc1cccc(Cl)c1-c1noc(C2CC2)c1COc1ccc(C=O)c(C(F)(F)F)n1. The summed E-state index contributed by atoms with van der Waals surface area (Å²) in [6.07, 6.45) is -2.78. The Morgan fingerprint density at radius 2 is 2.03 bits per heavy atom. The predicted octanol–water partition coefficient (Wildman–Crippen LogP) is 5.99. The van der Waals surface area contributed by atoms with Gasteiger partial charge in [0.05, 0.1) is 10.6 Å². The number of hydrogen-bond donors (Lipinski definition) is 0. The Kier molecular flexibility index (Phi) is 5.27. The van der Waals surface area contributed by atoms with Crippen LogP contribution in [-0.4, -0.2) is 16.4 Å². The van der Waals surface area contributed by atoms with E-state index >= 15 is 0 Å². The number of nitrogens with zero attached hydrogens (tertiary/aromatic N) is 2. The van der Waals surface area contributed by atoms with Crippen molar-refractivity contribution >= 4 is 17.9 Å². The molecule has 1 fully saturated rings. The summed E-state index contributed by atoms with van der Waals surface area (Å²) < 4.78 is 50.6. The highest BCUT2D eigenvalue weighted by molar-refractivity contribution is 6.33. The summed E-state index contributed by atoms with van der Waals surface area (Å²) in [5.74, 6) is 0.589. The van der Waals surface area contributed by atoms with E-state index < -0.39 is 17.4 Å². The third kappa shape index (κ3) is 3.92. The summed E-state index contributed by atoms with van der Waals surface area (Å²) in [7, 11) is 0. The van der Waals surface area contributed by atoms with Crippen molar-refractivity contribution in [2.75, 3.05) is 0 Å². The number of halogens is 4. The van der Waals surface area contributed by atoms with Gasteiger partial charge in [0, 0.05) is 23.1 Å². The summed E-state index contributed by atoms with van der Waals surface area (Å²) >= 11 is 6.37. The minimum atomic E-state index is -4.77. The second-order valence-electron chi connectivity index (χ2n) is 7.07. The number of carbonyl (C=O) groups excluding carboxylic acids is 1. The van der Waals surface area contributed by atoms with Gasteiger partial charge in [0.25, 0.3) is 0 Å². The standard InChI is InChI=1S/C21H16ClF3N2O3/c1-11-3-2-4-15(22)17(11)18-14(19(30-27-18)12-5-6-12)10-29-16-8-7-13(9-28)20(26-16)21(23,24)25/h2-4,7-9,12H,5-6,10H2,1H3. The molecule has 2 heterocycles. The highest BCUT2D eigenvalue weighted by atomic mass is 35.5. The molecule has 0 spiro atoms. The first-order valence-electron chi connectivity index (χ1n) is 9.19. The zero-order chi connectivity index (χ0) is 21.5. The summed E-state index contributed by atoms with van der Waals surface area (Å²) in [4.78, 5) is 14.4. The molecule has 2 aromatic heterocycles. The average Bonchev–Trinajstić information content (AvgIpc) is 3.46. The van der Waals surface area contributed by atoms with E-state index in [1.807, 2.05) is 19.1 Å². The van der Waals surface area contributed by atoms with Crippen LogP contribution in [0.4, 0.5) is 13.2 Å². The highest BCUT2D eigenvalue weighted by Crippen LogP contribution is 2.45. The van der Waals surface area contributed by atoms with Gasteiger partial charge in [-0.05, 0) is 37.5 Å². The van der Waals surface area contributed by atoms with Crippen molar-refractivity contribution in [2.45, 2.75) is 38.5 Å². The summed E-state index contributed by atoms with van der Waals surface area (Å²) in [6, 6.07) is 7.69. The van der Waals surface area contributed by atoms with Crippen LogP contribution in [0.25, 0.3) is 11.3 Å². The molecule has 1 aromatic carbocycles. The molecule has 0 N–H and O–H groups in total. The Labute approximate surface area is 174 Å². The van der Waals surface area contributed by atoms with E-state index in [0.29, 0.717) is 27.6 Å². The van der Waals surface area contributed by atoms with E-state index in [2.05, 4.69) is 10.1 Å². The molecule has 9 heteroatoms. The number of aromatic nitrogens is 2. The zero-order valence-electron chi connectivity index (χ0n) is 15.8. The number of pyridine rings is 1. The summed E-state index contributed by atoms with van der Waals surface area (Å²) in [5, 5.41) is 4.67.